The number of methoxy groups -OCH3 is 1. The third kappa shape index (κ3) is 4.51. The van der Waals surface area contributed by atoms with Crippen LogP contribution in [0.5, 0.6) is 5.75 Å². The molecular formula is C20H24ClFO3. The molecule has 1 aliphatic carbocycles. The standard InChI is InChI=1S/C20H23FO3.ClH/c1-23-18-6-4-5-16(13-18)20(22)12-3-2-7-19(20)24-14-15-8-10-17(21)11-9-15;/h4-6,8-11,13,19,22H,2-3,7,12,14H2,1H3;1H. The van der Waals surface area contributed by atoms with Crippen molar-refractivity contribution in [3.8, 4) is 5.75 Å². The Morgan fingerprint density at radius 2 is 1.92 bits per heavy atom. The van der Waals surface area contributed by atoms with Gasteiger partial charge >= 0.3 is 0 Å². The van der Waals surface area contributed by atoms with E-state index in [-0.39, 0.29) is 24.3 Å². The van der Waals surface area contributed by atoms with Gasteiger partial charge in [-0.3, -0.25) is 0 Å². The van der Waals surface area contributed by atoms with Crippen LogP contribution in [0, 0.1) is 5.82 Å². The highest BCUT2D eigenvalue weighted by Gasteiger charge is 2.41. The van der Waals surface area contributed by atoms with Crippen molar-refractivity contribution in [3.63, 3.8) is 0 Å². The smallest absolute Gasteiger partial charge is 0.123 e. The molecule has 3 rings (SSSR count). The van der Waals surface area contributed by atoms with E-state index in [4.69, 9.17) is 9.47 Å². The van der Waals surface area contributed by atoms with Crippen LogP contribution in [0.4, 0.5) is 4.39 Å². The van der Waals surface area contributed by atoms with E-state index < -0.39 is 5.60 Å². The van der Waals surface area contributed by atoms with Crippen molar-refractivity contribution in [2.45, 2.75) is 44.0 Å². The summed E-state index contributed by atoms with van der Waals surface area (Å²) in [4.78, 5) is 0. The van der Waals surface area contributed by atoms with Gasteiger partial charge in [-0.05, 0) is 48.2 Å². The van der Waals surface area contributed by atoms with E-state index in [1.165, 1.54) is 12.1 Å². The molecule has 1 aliphatic rings. The Hall–Kier alpha value is -1.62. The number of rotatable bonds is 5. The van der Waals surface area contributed by atoms with Gasteiger partial charge in [-0.1, -0.05) is 37.1 Å². The van der Waals surface area contributed by atoms with Gasteiger partial charge in [0.25, 0.3) is 0 Å². The van der Waals surface area contributed by atoms with Crippen LogP contribution in [-0.2, 0) is 16.9 Å². The molecule has 1 N–H and O–H groups in total. The summed E-state index contributed by atoms with van der Waals surface area (Å²) in [6, 6.07) is 13.8. The van der Waals surface area contributed by atoms with Crippen molar-refractivity contribution in [2.75, 3.05) is 7.11 Å². The Morgan fingerprint density at radius 3 is 2.64 bits per heavy atom. The lowest BCUT2D eigenvalue weighted by Gasteiger charge is -2.40. The molecule has 25 heavy (non-hydrogen) atoms. The van der Waals surface area contributed by atoms with E-state index in [2.05, 4.69) is 0 Å². The molecule has 136 valence electrons. The van der Waals surface area contributed by atoms with E-state index in [1.807, 2.05) is 24.3 Å². The highest BCUT2D eigenvalue weighted by atomic mass is 35.5. The summed E-state index contributed by atoms with van der Waals surface area (Å²) < 4.78 is 24.3. The molecule has 1 saturated carbocycles. The Labute approximate surface area is 154 Å². The first-order chi connectivity index (χ1) is 11.6. The summed E-state index contributed by atoms with van der Waals surface area (Å²) >= 11 is 0. The Bertz CT molecular complexity index is 677. The van der Waals surface area contributed by atoms with E-state index in [0.29, 0.717) is 13.0 Å². The lowest BCUT2D eigenvalue weighted by molar-refractivity contribution is -0.142. The normalized spacial score (nSPS) is 22.9. The fourth-order valence-electron chi connectivity index (χ4n) is 3.35. The summed E-state index contributed by atoms with van der Waals surface area (Å²) in [5.41, 5.74) is 0.702. The third-order valence-corrected chi connectivity index (χ3v) is 4.74. The largest absolute Gasteiger partial charge is 0.497 e. The number of hydrogen-bond donors (Lipinski definition) is 1. The second kappa shape index (κ2) is 8.65. The quantitative estimate of drug-likeness (QED) is 0.840. The van der Waals surface area contributed by atoms with Gasteiger partial charge in [0.05, 0.1) is 19.8 Å². The molecule has 2 aromatic carbocycles. The minimum absolute atomic E-state index is 0. The third-order valence-electron chi connectivity index (χ3n) is 4.74. The van der Waals surface area contributed by atoms with Crippen LogP contribution in [0.1, 0.15) is 36.8 Å². The molecule has 0 aromatic heterocycles. The zero-order valence-corrected chi connectivity index (χ0v) is 15.1. The van der Waals surface area contributed by atoms with E-state index in [0.717, 1.165) is 36.1 Å². The molecule has 2 atom stereocenters. The van der Waals surface area contributed by atoms with Crippen LogP contribution in [0.15, 0.2) is 48.5 Å². The maximum absolute atomic E-state index is 13.0. The lowest BCUT2D eigenvalue weighted by atomic mass is 9.77. The van der Waals surface area contributed by atoms with Crippen molar-refractivity contribution < 1.29 is 19.0 Å². The molecule has 2 unspecified atom stereocenters. The van der Waals surface area contributed by atoms with Gasteiger partial charge in [-0.15, -0.1) is 12.4 Å². The Kier molecular flexibility index (Phi) is 6.82. The summed E-state index contributed by atoms with van der Waals surface area (Å²) in [7, 11) is 1.62. The van der Waals surface area contributed by atoms with E-state index >= 15 is 0 Å². The topological polar surface area (TPSA) is 38.7 Å². The highest BCUT2D eigenvalue weighted by Crippen LogP contribution is 2.40. The molecule has 0 radical (unpaired) electrons. The predicted molar refractivity (Wildman–Crippen MR) is 97.6 cm³/mol. The fraction of sp³-hybridized carbons (Fsp3) is 0.400. The fourth-order valence-corrected chi connectivity index (χ4v) is 3.35. The number of halogens is 2. The number of hydrogen-bond acceptors (Lipinski definition) is 3. The van der Waals surface area contributed by atoms with Crippen molar-refractivity contribution in [3.05, 3.63) is 65.5 Å². The van der Waals surface area contributed by atoms with Crippen LogP contribution in [0.3, 0.4) is 0 Å². The molecule has 0 heterocycles. The van der Waals surface area contributed by atoms with Crippen LogP contribution in [-0.4, -0.2) is 18.3 Å². The van der Waals surface area contributed by atoms with Gasteiger partial charge in [0, 0.05) is 0 Å². The second-order valence-corrected chi connectivity index (χ2v) is 6.33. The SMILES string of the molecule is COc1cccc(C2(O)CCCCC2OCc2ccc(F)cc2)c1.Cl. The maximum atomic E-state index is 13.0. The highest BCUT2D eigenvalue weighted by molar-refractivity contribution is 5.85. The van der Waals surface area contributed by atoms with Crippen LogP contribution < -0.4 is 4.74 Å². The van der Waals surface area contributed by atoms with Crippen molar-refractivity contribution in [1.29, 1.82) is 0 Å². The van der Waals surface area contributed by atoms with Gasteiger partial charge in [0.15, 0.2) is 0 Å². The summed E-state index contributed by atoms with van der Waals surface area (Å²) in [6.07, 6.45) is 3.16. The molecule has 0 aliphatic heterocycles. The van der Waals surface area contributed by atoms with Crippen molar-refractivity contribution in [2.24, 2.45) is 0 Å². The molecule has 0 amide bonds. The number of aliphatic hydroxyl groups is 1. The first-order valence-electron chi connectivity index (χ1n) is 8.35. The van der Waals surface area contributed by atoms with Crippen LogP contribution >= 0.6 is 12.4 Å². The van der Waals surface area contributed by atoms with Crippen molar-refractivity contribution >= 4 is 12.4 Å². The van der Waals surface area contributed by atoms with Gasteiger partial charge < -0.3 is 14.6 Å². The molecule has 3 nitrogen and oxygen atoms in total. The minimum Gasteiger partial charge on any atom is -0.497 e. The first-order valence-corrected chi connectivity index (χ1v) is 8.35. The molecule has 2 aromatic rings. The Morgan fingerprint density at radius 1 is 1.16 bits per heavy atom. The number of benzene rings is 2. The van der Waals surface area contributed by atoms with Crippen molar-refractivity contribution in [1.82, 2.24) is 0 Å². The molecule has 0 saturated heterocycles. The maximum Gasteiger partial charge on any atom is 0.123 e. The average Bonchev–Trinajstić information content (AvgIpc) is 2.62. The molecular weight excluding hydrogens is 343 g/mol. The van der Waals surface area contributed by atoms with Crippen LogP contribution in [0.25, 0.3) is 0 Å². The predicted octanol–water partition coefficient (Wildman–Crippen LogP) is 4.60. The monoisotopic (exact) mass is 366 g/mol. The average molecular weight is 367 g/mol. The second-order valence-electron chi connectivity index (χ2n) is 6.33. The van der Waals surface area contributed by atoms with Gasteiger partial charge in [-0.25, -0.2) is 4.39 Å². The molecule has 0 spiro atoms. The molecule has 1 fully saturated rings. The first kappa shape index (κ1) is 19.7. The summed E-state index contributed by atoms with van der Waals surface area (Å²) in [6.45, 7) is 0.358. The van der Waals surface area contributed by atoms with Gasteiger partial charge in [0.1, 0.15) is 17.2 Å². The molecule has 0 bridgehead atoms. The summed E-state index contributed by atoms with van der Waals surface area (Å²) in [5.74, 6) is 0.466. The zero-order valence-electron chi connectivity index (χ0n) is 14.3. The lowest BCUT2D eigenvalue weighted by Crippen LogP contribution is -2.43. The van der Waals surface area contributed by atoms with Gasteiger partial charge in [0.2, 0.25) is 0 Å². The van der Waals surface area contributed by atoms with E-state index in [1.54, 1.807) is 19.2 Å². The number of ether oxygens (including phenoxy) is 2. The molecule has 5 heteroatoms. The summed E-state index contributed by atoms with van der Waals surface area (Å²) in [5, 5.41) is 11.3. The Balaban J connectivity index is 0.00000225. The van der Waals surface area contributed by atoms with Crippen LogP contribution in [0.2, 0.25) is 0 Å². The van der Waals surface area contributed by atoms with Gasteiger partial charge in [-0.2, -0.15) is 0 Å². The minimum atomic E-state index is -1.02. The van der Waals surface area contributed by atoms with E-state index in [9.17, 15) is 9.50 Å². The zero-order chi connectivity index (χ0) is 17.0.